The number of rotatable bonds is 6. The smallest absolute Gasteiger partial charge is 0.264 e. The fourth-order valence-electron chi connectivity index (χ4n) is 4.12. The average molecular weight is 499 g/mol. The molecule has 4 rings (SSSR count). The number of hydrogen-bond donors (Lipinski definition) is 0. The van der Waals surface area contributed by atoms with Crippen LogP contribution in [0.3, 0.4) is 0 Å². The molecule has 0 bridgehead atoms. The highest BCUT2D eigenvalue weighted by molar-refractivity contribution is 5.67. The second kappa shape index (κ2) is 10.2. The van der Waals surface area contributed by atoms with Gasteiger partial charge in [0.2, 0.25) is 5.88 Å². The molecule has 4 aromatic rings. The molecule has 0 fully saturated rings. The van der Waals surface area contributed by atoms with Gasteiger partial charge < -0.3 is 9.47 Å². The largest absolute Gasteiger partial charge is 0.497 e. The zero-order valence-corrected chi connectivity index (χ0v) is 22.8. The van der Waals surface area contributed by atoms with Crippen molar-refractivity contribution in [1.29, 1.82) is 0 Å². The first-order valence-corrected chi connectivity index (χ1v) is 12.3. The lowest BCUT2D eigenvalue weighted by molar-refractivity contribution is 0.288. The maximum Gasteiger partial charge on any atom is 0.264 e. The molecule has 37 heavy (non-hydrogen) atoms. The number of hydrogen-bond acceptors (Lipinski definition) is 6. The highest BCUT2D eigenvalue weighted by atomic mass is 16.5. The lowest BCUT2D eigenvalue weighted by atomic mass is 9.95. The van der Waals surface area contributed by atoms with Gasteiger partial charge in [0.05, 0.1) is 24.1 Å². The van der Waals surface area contributed by atoms with Gasteiger partial charge >= 0.3 is 0 Å². The third-order valence-electron chi connectivity index (χ3n) is 6.31. The standard InChI is InChI=1S/C30H34N4O3/c1-18-12-13-23(26-19(2)16-31-29(33-26)30(5,6)7)15-25(18)34-21(4)32-27(20(3)28(34)35)37-17-22-10-9-11-24(14-22)36-8/h9-16H,17H2,1-8H3. The normalized spacial score (nSPS) is 11.5. The molecule has 192 valence electrons. The van der Waals surface area contributed by atoms with Crippen molar-refractivity contribution in [3.05, 3.63) is 92.9 Å². The molecule has 0 saturated heterocycles. The van der Waals surface area contributed by atoms with Crippen LogP contribution >= 0.6 is 0 Å². The van der Waals surface area contributed by atoms with Gasteiger partial charge in [-0.15, -0.1) is 0 Å². The van der Waals surface area contributed by atoms with Gasteiger partial charge in [0.1, 0.15) is 24.0 Å². The second-order valence-corrected chi connectivity index (χ2v) is 10.3. The van der Waals surface area contributed by atoms with E-state index in [0.717, 1.165) is 45.2 Å². The van der Waals surface area contributed by atoms with E-state index in [2.05, 4.69) is 30.7 Å². The van der Waals surface area contributed by atoms with E-state index >= 15 is 0 Å². The molecule has 0 radical (unpaired) electrons. The van der Waals surface area contributed by atoms with E-state index < -0.39 is 0 Å². The lowest BCUT2D eigenvalue weighted by Gasteiger charge is -2.19. The number of benzene rings is 2. The van der Waals surface area contributed by atoms with Crippen LogP contribution in [0.15, 0.2) is 53.5 Å². The Morgan fingerprint density at radius 2 is 1.70 bits per heavy atom. The topological polar surface area (TPSA) is 79.1 Å². The maximum atomic E-state index is 13.6. The van der Waals surface area contributed by atoms with Crippen LogP contribution < -0.4 is 15.0 Å². The molecule has 0 aliphatic rings. The Labute approximate surface area is 218 Å². The molecule has 7 nitrogen and oxygen atoms in total. The SMILES string of the molecule is COc1cccc(COc2nc(C)n(-c3cc(-c4nc(C(C)(C)C)ncc4C)ccc3C)c(=O)c2C)c1. The van der Waals surface area contributed by atoms with E-state index in [1.807, 2.05) is 69.4 Å². The first-order valence-electron chi connectivity index (χ1n) is 12.3. The molecule has 2 aromatic heterocycles. The predicted molar refractivity (Wildman–Crippen MR) is 146 cm³/mol. The Morgan fingerprint density at radius 3 is 2.41 bits per heavy atom. The molecule has 2 heterocycles. The minimum atomic E-state index is -0.175. The summed E-state index contributed by atoms with van der Waals surface area (Å²) in [5, 5.41) is 0. The summed E-state index contributed by atoms with van der Waals surface area (Å²) in [6, 6.07) is 13.7. The Kier molecular flexibility index (Phi) is 7.16. The summed E-state index contributed by atoms with van der Waals surface area (Å²) in [5.41, 5.74) is 5.53. The third-order valence-corrected chi connectivity index (χ3v) is 6.31. The van der Waals surface area contributed by atoms with Crippen LogP contribution in [0.1, 0.15) is 54.7 Å². The van der Waals surface area contributed by atoms with Crippen LogP contribution in [0.2, 0.25) is 0 Å². The quantitative estimate of drug-likeness (QED) is 0.334. The predicted octanol–water partition coefficient (Wildman–Crippen LogP) is 5.81. The van der Waals surface area contributed by atoms with Crippen LogP contribution in [0.25, 0.3) is 16.9 Å². The van der Waals surface area contributed by atoms with Gasteiger partial charge in [-0.25, -0.2) is 9.97 Å². The highest BCUT2D eigenvalue weighted by Gasteiger charge is 2.20. The number of methoxy groups -OCH3 is 1. The van der Waals surface area contributed by atoms with E-state index in [9.17, 15) is 4.79 Å². The molecule has 7 heteroatoms. The van der Waals surface area contributed by atoms with E-state index in [0.29, 0.717) is 17.3 Å². The maximum absolute atomic E-state index is 13.6. The van der Waals surface area contributed by atoms with Crippen molar-refractivity contribution in [2.75, 3.05) is 7.11 Å². The van der Waals surface area contributed by atoms with Crippen molar-refractivity contribution in [2.24, 2.45) is 0 Å². The summed E-state index contributed by atoms with van der Waals surface area (Å²) in [7, 11) is 1.63. The summed E-state index contributed by atoms with van der Waals surface area (Å²) in [5.74, 6) is 2.41. The Bertz CT molecular complexity index is 1520. The first-order chi connectivity index (χ1) is 17.5. The fourth-order valence-corrected chi connectivity index (χ4v) is 4.12. The zero-order valence-electron chi connectivity index (χ0n) is 22.8. The van der Waals surface area contributed by atoms with Gasteiger partial charge in [-0.05, 0) is 62.6 Å². The minimum Gasteiger partial charge on any atom is -0.497 e. The first kappa shape index (κ1) is 26.1. The zero-order chi connectivity index (χ0) is 26.9. The van der Waals surface area contributed by atoms with Gasteiger partial charge in [0.15, 0.2) is 0 Å². The molecule has 0 atom stereocenters. The Hall–Kier alpha value is -4.00. The van der Waals surface area contributed by atoms with E-state index in [1.54, 1.807) is 18.6 Å². The van der Waals surface area contributed by atoms with Crippen molar-refractivity contribution in [3.63, 3.8) is 0 Å². The van der Waals surface area contributed by atoms with Crippen LogP contribution in [0.4, 0.5) is 0 Å². The summed E-state index contributed by atoms with van der Waals surface area (Å²) in [4.78, 5) is 27.6. The Balaban J connectivity index is 1.73. The van der Waals surface area contributed by atoms with Gasteiger partial charge in [0.25, 0.3) is 5.56 Å². The number of aromatic nitrogens is 4. The number of aryl methyl sites for hydroxylation is 3. The minimum absolute atomic E-state index is 0.164. The summed E-state index contributed by atoms with van der Waals surface area (Å²) in [6.07, 6.45) is 1.86. The number of nitrogens with zero attached hydrogens (tertiary/aromatic N) is 4. The summed E-state index contributed by atoms with van der Waals surface area (Å²) >= 11 is 0. The third kappa shape index (κ3) is 5.40. The van der Waals surface area contributed by atoms with E-state index in [-0.39, 0.29) is 17.6 Å². The molecule has 0 unspecified atom stereocenters. The highest BCUT2D eigenvalue weighted by Crippen LogP contribution is 2.28. The molecule has 0 amide bonds. The van der Waals surface area contributed by atoms with Crippen LogP contribution in [0.5, 0.6) is 11.6 Å². The number of ether oxygens (including phenoxy) is 2. The van der Waals surface area contributed by atoms with Crippen LogP contribution in [0, 0.1) is 27.7 Å². The molecule has 0 aliphatic heterocycles. The van der Waals surface area contributed by atoms with Crippen molar-refractivity contribution < 1.29 is 9.47 Å². The Morgan fingerprint density at radius 1 is 0.946 bits per heavy atom. The lowest BCUT2D eigenvalue weighted by Crippen LogP contribution is -2.26. The fraction of sp³-hybridized carbons (Fsp3) is 0.333. The molecular formula is C30H34N4O3. The van der Waals surface area contributed by atoms with Crippen molar-refractivity contribution in [1.82, 2.24) is 19.5 Å². The molecule has 2 aromatic carbocycles. The summed E-state index contributed by atoms with van der Waals surface area (Å²) < 4.78 is 12.9. The van der Waals surface area contributed by atoms with Gasteiger partial charge in [-0.1, -0.05) is 45.0 Å². The second-order valence-electron chi connectivity index (χ2n) is 10.3. The molecule has 0 aliphatic carbocycles. The van der Waals surface area contributed by atoms with Gasteiger partial charge in [-0.2, -0.15) is 4.98 Å². The van der Waals surface area contributed by atoms with Crippen molar-refractivity contribution >= 4 is 0 Å². The molecule has 0 saturated carbocycles. The molecule has 0 spiro atoms. The van der Waals surface area contributed by atoms with Gasteiger partial charge in [-0.3, -0.25) is 9.36 Å². The molecule has 0 N–H and O–H groups in total. The monoisotopic (exact) mass is 498 g/mol. The summed E-state index contributed by atoms with van der Waals surface area (Å²) in [6.45, 7) is 14.1. The average Bonchev–Trinajstić information content (AvgIpc) is 2.86. The van der Waals surface area contributed by atoms with Crippen LogP contribution in [-0.4, -0.2) is 26.6 Å². The van der Waals surface area contributed by atoms with Crippen molar-refractivity contribution in [2.45, 2.75) is 60.5 Å². The van der Waals surface area contributed by atoms with Crippen molar-refractivity contribution in [3.8, 4) is 28.6 Å². The molecular weight excluding hydrogens is 464 g/mol. The van der Waals surface area contributed by atoms with E-state index in [1.165, 1.54) is 0 Å². The van der Waals surface area contributed by atoms with E-state index in [4.69, 9.17) is 14.5 Å². The van der Waals surface area contributed by atoms with Crippen LogP contribution in [-0.2, 0) is 12.0 Å². The van der Waals surface area contributed by atoms with Gasteiger partial charge in [0, 0.05) is 17.2 Å².